The maximum atomic E-state index is 12.9. The lowest BCUT2D eigenvalue weighted by Crippen LogP contribution is -2.05. The van der Waals surface area contributed by atoms with Gasteiger partial charge in [-0.05, 0) is 40.9 Å². The molecule has 0 aliphatic carbocycles. The molecule has 0 unspecified atom stereocenters. The third kappa shape index (κ3) is 3.65. The third-order valence-electron chi connectivity index (χ3n) is 5.29. The summed E-state index contributed by atoms with van der Waals surface area (Å²) in [7, 11) is 0. The number of carbonyl (C=O) groups is 1. The highest BCUT2D eigenvalue weighted by Crippen LogP contribution is 2.26. The molecule has 0 aliphatic heterocycles. The number of fused-ring (bicyclic) bond motifs is 1. The SMILES string of the molecule is O=C(c1cccs1)c1cnn2c(-c3cccc(-c4nnn(Cc5ccccn5)n4)c3)ccnc12. The highest BCUT2D eigenvalue weighted by atomic mass is 32.1. The Morgan fingerprint density at radius 3 is 2.74 bits per heavy atom. The molecule has 5 heterocycles. The van der Waals surface area contributed by atoms with Crippen LogP contribution >= 0.6 is 11.3 Å². The molecular formula is C24H16N8OS. The summed E-state index contributed by atoms with van der Waals surface area (Å²) >= 11 is 1.40. The van der Waals surface area contributed by atoms with Crippen molar-refractivity contribution in [3.63, 3.8) is 0 Å². The molecule has 0 atom stereocenters. The van der Waals surface area contributed by atoms with Crippen LogP contribution in [-0.4, -0.2) is 45.6 Å². The van der Waals surface area contributed by atoms with Crippen LogP contribution in [0.1, 0.15) is 20.9 Å². The molecule has 0 fully saturated rings. The van der Waals surface area contributed by atoms with E-state index in [0.717, 1.165) is 22.5 Å². The fourth-order valence-corrected chi connectivity index (χ4v) is 4.37. The molecule has 0 radical (unpaired) electrons. The first-order valence-electron chi connectivity index (χ1n) is 10.5. The van der Waals surface area contributed by atoms with Crippen LogP contribution in [0.3, 0.4) is 0 Å². The molecule has 164 valence electrons. The molecule has 0 aliphatic rings. The monoisotopic (exact) mass is 464 g/mol. The average molecular weight is 465 g/mol. The molecule has 34 heavy (non-hydrogen) atoms. The molecular weight excluding hydrogens is 448 g/mol. The Morgan fingerprint density at radius 1 is 0.941 bits per heavy atom. The van der Waals surface area contributed by atoms with Gasteiger partial charge in [0.05, 0.1) is 28.0 Å². The van der Waals surface area contributed by atoms with E-state index in [4.69, 9.17) is 0 Å². The maximum Gasteiger partial charge on any atom is 0.208 e. The van der Waals surface area contributed by atoms with Crippen LogP contribution in [0.25, 0.3) is 28.3 Å². The van der Waals surface area contributed by atoms with E-state index in [1.807, 2.05) is 60.0 Å². The van der Waals surface area contributed by atoms with Gasteiger partial charge in [0.25, 0.3) is 0 Å². The number of rotatable bonds is 6. The van der Waals surface area contributed by atoms with Crippen LogP contribution in [0.4, 0.5) is 0 Å². The molecule has 0 amide bonds. The highest BCUT2D eigenvalue weighted by molar-refractivity contribution is 7.12. The number of aromatic nitrogens is 8. The van der Waals surface area contributed by atoms with Crippen LogP contribution in [0.5, 0.6) is 0 Å². The second-order valence-electron chi connectivity index (χ2n) is 7.48. The number of benzene rings is 1. The Balaban J connectivity index is 1.34. The second kappa shape index (κ2) is 8.41. The molecule has 0 saturated carbocycles. The number of ketones is 1. The van der Waals surface area contributed by atoms with Gasteiger partial charge in [0.15, 0.2) is 5.65 Å². The lowest BCUT2D eigenvalue weighted by molar-refractivity contribution is 0.104. The Hall–Kier alpha value is -4.57. The van der Waals surface area contributed by atoms with E-state index in [2.05, 4.69) is 30.5 Å². The Labute approximate surface area is 197 Å². The minimum absolute atomic E-state index is 0.0860. The van der Waals surface area contributed by atoms with Gasteiger partial charge in [-0.25, -0.2) is 9.50 Å². The first-order chi connectivity index (χ1) is 16.8. The van der Waals surface area contributed by atoms with Gasteiger partial charge in [-0.3, -0.25) is 9.78 Å². The van der Waals surface area contributed by atoms with E-state index in [9.17, 15) is 4.79 Å². The van der Waals surface area contributed by atoms with Crippen LogP contribution in [0.2, 0.25) is 0 Å². The van der Waals surface area contributed by atoms with E-state index >= 15 is 0 Å². The number of pyridine rings is 1. The minimum Gasteiger partial charge on any atom is -0.287 e. The number of thiophene rings is 1. The summed E-state index contributed by atoms with van der Waals surface area (Å²) in [6.45, 7) is 0.437. The van der Waals surface area contributed by atoms with Gasteiger partial charge >= 0.3 is 0 Å². The zero-order valence-corrected chi connectivity index (χ0v) is 18.5. The van der Waals surface area contributed by atoms with Crippen LogP contribution < -0.4 is 0 Å². The number of carbonyl (C=O) groups excluding carboxylic acids is 1. The van der Waals surface area contributed by atoms with Crippen molar-refractivity contribution in [1.29, 1.82) is 0 Å². The quantitative estimate of drug-likeness (QED) is 0.346. The first kappa shape index (κ1) is 20.1. The molecule has 0 saturated heterocycles. The number of hydrogen-bond donors (Lipinski definition) is 0. The van der Waals surface area contributed by atoms with Crippen molar-refractivity contribution in [2.24, 2.45) is 0 Å². The number of tetrazole rings is 1. The van der Waals surface area contributed by atoms with Crippen molar-refractivity contribution in [2.45, 2.75) is 6.54 Å². The summed E-state index contributed by atoms with van der Waals surface area (Å²) in [5, 5.41) is 19.2. The van der Waals surface area contributed by atoms with Gasteiger partial charge in [-0.1, -0.05) is 30.3 Å². The summed E-state index contributed by atoms with van der Waals surface area (Å²) in [5.41, 5.74) is 4.35. The van der Waals surface area contributed by atoms with Crippen LogP contribution in [-0.2, 0) is 6.54 Å². The Kier molecular flexibility index (Phi) is 4.96. The lowest BCUT2D eigenvalue weighted by Gasteiger charge is -2.06. The number of nitrogens with zero attached hydrogens (tertiary/aromatic N) is 8. The molecule has 10 heteroatoms. The minimum atomic E-state index is -0.0860. The van der Waals surface area contributed by atoms with Crippen molar-refractivity contribution in [1.82, 2.24) is 39.8 Å². The number of hydrogen-bond acceptors (Lipinski definition) is 8. The summed E-state index contributed by atoms with van der Waals surface area (Å²) in [4.78, 5) is 23.8. The predicted molar refractivity (Wildman–Crippen MR) is 126 cm³/mol. The van der Waals surface area contributed by atoms with Crippen molar-refractivity contribution < 1.29 is 4.79 Å². The van der Waals surface area contributed by atoms with Crippen molar-refractivity contribution in [3.05, 3.63) is 101 Å². The third-order valence-corrected chi connectivity index (χ3v) is 6.16. The molecule has 0 N–H and O–H groups in total. The van der Waals surface area contributed by atoms with Gasteiger partial charge < -0.3 is 0 Å². The highest BCUT2D eigenvalue weighted by Gasteiger charge is 2.19. The molecule has 6 aromatic rings. The molecule has 9 nitrogen and oxygen atoms in total. The van der Waals surface area contributed by atoms with E-state index in [-0.39, 0.29) is 5.78 Å². The van der Waals surface area contributed by atoms with Gasteiger partial charge in [0.1, 0.15) is 6.54 Å². The van der Waals surface area contributed by atoms with E-state index in [1.165, 1.54) is 16.1 Å². The van der Waals surface area contributed by atoms with Crippen LogP contribution in [0.15, 0.2) is 84.6 Å². The zero-order chi connectivity index (χ0) is 22.9. The molecule has 0 spiro atoms. The molecule has 6 rings (SSSR count). The average Bonchev–Trinajstić information content (AvgIpc) is 3.65. The summed E-state index contributed by atoms with van der Waals surface area (Å²) in [6.07, 6.45) is 4.99. The summed E-state index contributed by atoms with van der Waals surface area (Å²) in [6, 6.07) is 19.0. The summed E-state index contributed by atoms with van der Waals surface area (Å²) in [5.74, 6) is 0.425. The zero-order valence-electron chi connectivity index (χ0n) is 17.7. The van der Waals surface area contributed by atoms with Gasteiger partial charge in [-0.2, -0.15) is 9.90 Å². The van der Waals surface area contributed by atoms with E-state index in [0.29, 0.717) is 28.5 Å². The predicted octanol–water partition coefficient (Wildman–Crippen LogP) is 3.79. The van der Waals surface area contributed by atoms with Crippen LogP contribution in [0, 0.1) is 0 Å². The normalized spacial score (nSPS) is 11.2. The molecule has 1 aromatic carbocycles. The topological polar surface area (TPSA) is 104 Å². The van der Waals surface area contributed by atoms with Crippen molar-refractivity contribution in [3.8, 4) is 22.6 Å². The Morgan fingerprint density at radius 2 is 1.88 bits per heavy atom. The molecule has 5 aromatic heterocycles. The smallest absolute Gasteiger partial charge is 0.208 e. The molecule has 0 bridgehead atoms. The second-order valence-corrected chi connectivity index (χ2v) is 8.42. The lowest BCUT2D eigenvalue weighted by atomic mass is 10.1. The van der Waals surface area contributed by atoms with Gasteiger partial charge in [0.2, 0.25) is 11.6 Å². The fourth-order valence-electron chi connectivity index (χ4n) is 3.69. The van der Waals surface area contributed by atoms with Crippen molar-refractivity contribution in [2.75, 3.05) is 0 Å². The standard InChI is InChI=1S/C24H16N8OS/c33-22(21-8-4-12-34-21)19-14-27-32-20(9-11-26-24(19)32)16-5-3-6-17(13-16)23-28-30-31(29-23)15-18-7-1-2-10-25-18/h1-14H,15H2. The first-order valence-corrected chi connectivity index (χ1v) is 11.3. The maximum absolute atomic E-state index is 12.9. The Bertz CT molecular complexity index is 1600. The van der Waals surface area contributed by atoms with Gasteiger partial charge in [-0.15, -0.1) is 21.5 Å². The van der Waals surface area contributed by atoms with Crippen molar-refractivity contribution >= 4 is 22.8 Å². The van der Waals surface area contributed by atoms with E-state index in [1.54, 1.807) is 29.2 Å². The van der Waals surface area contributed by atoms with Gasteiger partial charge in [0, 0.05) is 23.5 Å². The summed E-state index contributed by atoms with van der Waals surface area (Å²) < 4.78 is 1.69. The largest absolute Gasteiger partial charge is 0.287 e. The van der Waals surface area contributed by atoms with E-state index < -0.39 is 0 Å². The fraction of sp³-hybridized carbons (Fsp3) is 0.0417.